The first-order valence-corrected chi connectivity index (χ1v) is 11.4. The standard InChI is InChI=1S/C19H20N5O2.Tl/c1-8-24(9-1)16-12-13(2-6-20-16)18-17-15(22-23-18)3-7-21-19(17)26-14-4-10-25-11-5-14;/h2-3,6-7,12,14H,1,4-5,8-11H2;/q-1;+1. The number of anilines is 1. The molecule has 136 valence electrons. The molecule has 3 aromatic heterocycles. The topological polar surface area (TPSA) is 65.3 Å². The van der Waals surface area contributed by atoms with Gasteiger partial charge in [0.25, 0.3) is 0 Å². The molecule has 27 heavy (non-hydrogen) atoms. The molecular weight excluding hydrogens is 535 g/mol. The summed E-state index contributed by atoms with van der Waals surface area (Å²) in [4.78, 5) is 11.4. The second-order valence-electron chi connectivity index (χ2n) is 6.98. The number of pyridine rings is 2. The zero-order chi connectivity index (χ0) is 18.2. The van der Waals surface area contributed by atoms with Gasteiger partial charge in [-0.05, 0) is 0 Å². The average Bonchev–Trinajstić information content (AvgIpc) is 3.00. The van der Waals surface area contributed by atoms with Gasteiger partial charge in [-0.2, -0.15) is 0 Å². The van der Waals surface area contributed by atoms with Crippen molar-refractivity contribution in [1.82, 2.24) is 17.6 Å². The molecule has 0 bridgehead atoms. The van der Waals surface area contributed by atoms with E-state index in [1.165, 1.54) is 6.42 Å². The Morgan fingerprint density at radius 1 is 1.11 bits per heavy atom. The van der Waals surface area contributed by atoms with Crippen molar-refractivity contribution in [2.24, 2.45) is 0 Å². The second-order valence-corrected chi connectivity index (χ2v) is 8.88. The Kier molecular flexibility index (Phi) is 4.72. The van der Waals surface area contributed by atoms with E-state index in [-0.39, 0.29) is 6.10 Å². The zero-order valence-corrected chi connectivity index (χ0v) is 19.5. The van der Waals surface area contributed by atoms with Crippen LogP contribution in [0.15, 0.2) is 30.6 Å². The van der Waals surface area contributed by atoms with E-state index in [9.17, 15) is 0 Å². The monoisotopic (exact) mass is 555 g/mol. The van der Waals surface area contributed by atoms with Crippen molar-refractivity contribution < 1.29 is 9.47 Å². The Bertz CT molecular complexity index is 966. The van der Waals surface area contributed by atoms with E-state index in [0.29, 0.717) is 31.9 Å². The number of nitrogens with zero attached hydrogens (tertiary/aromatic N) is 5. The molecule has 0 radical (unpaired) electrons. The number of ether oxygens (including phenoxy) is 2. The van der Waals surface area contributed by atoms with Crippen LogP contribution in [0.3, 0.4) is 0 Å². The van der Waals surface area contributed by atoms with Crippen LogP contribution in [0.25, 0.3) is 22.2 Å². The van der Waals surface area contributed by atoms with Gasteiger partial charge in [-0.25, -0.2) is 0 Å². The summed E-state index contributed by atoms with van der Waals surface area (Å²) in [7, 11) is 0. The van der Waals surface area contributed by atoms with Crippen LogP contribution >= 0.6 is 0 Å². The molecule has 2 aliphatic rings. The molecule has 7 nitrogen and oxygen atoms in total. The van der Waals surface area contributed by atoms with Gasteiger partial charge in [0.05, 0.1) is 0 Å². The Hall–Kier alpha value is -1.75. The van der Waals surface area contributed by atoms with Crippen LogP contribution in [-0.2, 0) is 4.74 Å². The summed E-state index contributed by atoms with van der Waals surface area (Å²) in [5.74, 6) is 1.71. The molecule has 0 unspecified atom stereocenters. The fraction of sp³-hybridized carbons (Fsp3) is 0.421. The maximum atomic E-state index is 6.30. The SMILES string of the molecule is [Tl][n]1nc(-c2ccnc(N3CCC3)c2)c2c(OC3CCOCC3)nccc21. The summed E-state index contributed by atoms with van der Waals surface area (Å²) in [6, 6.07) is 6.19. The minimum absolute atomic E-state index is 0.152. The van der Waals surface area contributed by atoms with Gasteiger partial charge in [-0.1, -0.05) is 0 Å². The molecule has 0 spiro atoms. The van der Waals surface area contributed by atoms with Gasteiger partial charge >= 0.3 is 174 Å². The summed E-state index contributed by atoms with van der Waals surface area (Å²) in [5.41, 5.74) is 3.10. The van der Waals surface area contributed by atoms with E-state index in [4.69, 9.17) is 14.6 Å². The first-order valence-electron chi connectivity index (χ1n) is 9.38. The maximum absolute atomic E-state index is 6.30. The molecule has 3 aromatic rings. The number of aromatic nitrogens is 4. The molecule has 0 N–H and O–H groups in total. The van der Waals surface area contributed by atoms with Crippen molar-refractivity contribution in [1.29, 1.82) is 0 Å². The molecule has 2 fully saturated rings. The van der Waals surface area contributed by atoms with E-state index in [1.54, 1.807) is 0 Å². The first-order chi connectivity index (χ1) is 13.3. The van der Waals surface area contributed by atoms with Crippen molar-refractivity contribution in [3.05, 3.63) is 30.6 Å². The third-order valence-corrected chi connectivity index (χ3v) is 6.76. The Balaban J connectivity index is 1.57. The number of hydrogen-bond donors (Lipinski definition) is 0. The molecule has 2 aliphatic heterocycles. The normalized spacial score (nSPS) is 17.8. The third kappa shape index (κ3) is 3.31. The fourth-order valence-electron chi connectivity index (χ4n) is 3.59. The van der Waals surface area contributed by atoms with E-state index in [1.807, 2.05) is 24.5 Å². The van der Waals surface area contributed by atoms with Crippen LogP contribution in [0.5, 0.6) is 5.88 Å². The van der Waals surface area contributed by atoms with Crippen LogP contribution in [0, 0.1) is 0 Å². The molecule has 5 rings (SSSR count). The second kappa shape index (κ2) is 7.34. The Labute approximate surface area is 173 Å². The molecule has 0 atom stereocenters. The van der Waals surface area contributed by atoms with Crippen molar-refractivity contribution in [3.63, 3.8) is 0 Å². The van der Waals surface area contributed by atoms with Crippen LogP contribution in [0.2, 0.25) is 0 Å². The van der Waals surface area contributed by atoms with Gasteiger partial charge in [0.15, 0.2) is 0 Å². The molecule has 8 heteroatoms. The Morgan fingerprint density at radius 2 is 1.93 bits per heavy atom. The summed E-state index contributed by atoms with van der Waals surface area (Å²) < 4.78 is 13.8. The molecule has 0 amide bonds. The van der Waals surface area contributed by atoms with Gasteiger partial charge in [0, 0.05) is 0 Å². The van der Waals surface area contributed by atoms with E-state index in [0.717, 1.165) is 67.1 Å². The van der Waals surface area contributed by atoms with E-state index < -0.39 is 0 Å². The molecule has 0 aliphatic carbocycles. The predicted molar refractivity (Wildman–Crippen MR) is 103 cm³/mol. The molecule has 5 heterocycles. The molecule has 2 saturated heterocycles. The van der Waals surface area contributed by atoms with Crippen LogP contribution in [0.4, 0.5) is 5.82 Å². The summed E-state index contributed by atoms with van der Waals surface area (Å²) in [5, 5.41) is 5.86. The molecular formula is C19H20N5O2Tl. The van der Waals surface area contributed by atoms with Crippen LogP contribution in [0.1, 0.15) is 19.3 Å². The summed E-state index contributed by atoms with van der Waals surface area (Å²) >= 11 is 0.571. The number of fused-ring (bicyclic) bond motifs is 1. The molecule has 0 saturated carbocycles. The molecule has 0 aromatic carbocycles. The minimum atomic E-state index is 0.152. The average molecular weight is 555 g/mol. The van der Waals surface area contributed by atoms with Crippen molar-refractivity contribution in [2.75, 3.05) is 31.2 Å². The van der Waals surface area contributed by atoms with Crippen LogP contribution < -0.4 is 9.64 Å². The van der Waals surface area contributed by atoms with Gasteiger partial charge in [-0.15, -0.1) is 0 Å². The van der Waals surface area contributed by atoms with Crippen molar-refractivity contribution in [3.8, 4) is 17.1 Å². The van der Waals surface area contributed by atoms with Gasteiger partial charge in [-0.3, -0.25) is 0 Å². The van der Waals surface area contributed by atoms with Gasteiger partial charge in [0.1, 0.15) is 0 Å². The number of rotatable bonds is 4. The predicted octanol–water partition coefficient (Wildman–Crippen LogP) is 2.19. The van der Waals surface area contributed by atoms with E-state index in [2.05, 4.69) is 23.4 Å². The quantitative estimate of drug-likeness (QED) is 0.461. The van der Waals surface area contributed by atoms with Gasteiger partial charge < -0.3 is 0 Å². The summed E-state index contributed by atoms with van der Waals surface area (Å²) in [6.07, 6.45) is 6.88. The van der Waals surface area contributed by atoms with Gasteiger partial charge in [0.2, 0.25) is 0 Å². The first kappa shape index (κ1) is 17.4. The van der Waals surface area contributed by atoms with Crippen molar-refractivity contribution >= 4 is 42.8 Å². The fourth-order valence-corrected chi connectivity index (χ4v) is 4.87. The van der Waals surface area contributed by atoms with Crippen LogP contribution in [-0.4, -0.2) is 76.0 Å². The zero-order valence-electron chi connectivity index (χ0n) is 15.0. The number of hydrogen-bond acceptors (Lipinski definition) is 6. The Morgan fingerprint density at radius 3 is 2.70 bits per heavy atom. The van der Waals surface area contributed by atoms with Crippen molar-refractivity contribution in [2.45, 2.75) is 25.4 Å². The third-order valence-electron chi connectivity index (χ3n) is 5.23. The van der Waals surface area contributed by atoms with E-state index >= 15 is 0 Å². The summed E-state index contributed by atoms with van der Waals surface area (Å²) in [6.45, 7) is 3.65.